The van der Waals surface area contributed by atoms with Crippen molar-refractivity contribution in [1.29, 1.82) is 0 Å². The van der Waals surface area contributed by atoms with Gasteiger partial charge in [-0.3, -0.25) is 15.0 Å². The van der Waals surface area contributed by atoms with Crippen LogP contribution in [0.5, 0.6) is 11.5 Å². The molecule has 1 aromatic rings. The Labute approximate surface area is 167 Å². The largest absolute Gasteiger partial charge is 0.497 e. The summed E-state index contributed by atoms with van der Waals surface area (Å²) >= 11 is 0. The molecule has 4 amide bonds. The highest BCUT2D eigenvalue weighted by atomic mass is 16.5. The van der Waals surface area contributed by atoms with Crippen molar-refractivity contribution in [3.63, 3.8) is 0 Å². The Kier molecular flexibility index (Phi) is 5.90. The van der Waals surface area contributed by atoms with E-state index in [-0.39, 0.29) is 5.56 Å². The summed E-state index contributed by atoms with van der Waals surface area (Å²) < 4.78 is 15.1. The number of benzene rings is 1. The van der Waals surface area contributed by atoms with Crippen LogP contribution in [0.3, 0.4) is 0 Å². The monoisotopic (exact) mass is 405 g/mol. The first-order chi connectivity index (χ1) is 13.9. The Hall–Kier alpha value is -3.30. The van der Waals surface area contributed by atoms with Gasteiger partial charge in [-0.15, -0.1) is 0 Å². The van der Waals surface area contributed by atoms with Crippen molar-refractivity contribution >= 4 is 23.8 Å². The molecule has 0 unspecified atom stereocenters. The van der Waals surface area contributed by atoms with Gasteiger partial charge in [0.05, 0.1) is 19.8 Å². The third-order valence-electron chi connectivity index (χ3n) is 5.03. The van der Waals surface area contributed by atoms with E-state index >= 15 is 0 Å². The van der Waals surface area contributed by atoms with E-state index in [0.29, 0.717) is 29.3 Å². The Morgan fingerprint density at radius 1 is 1.07 bits per heavy atom. The molecule has 3 rings (SSSR count). The molecule has 1 aliphatic carbocycles. The molecule has 1 heterocycles. The molecule has 10 heteroatoms. The molecule has 1 aliphatic heterocycles. The van der Waals surface area contributed by atoms with E-state index in [1.807, 2.05) is 0 Å². The van der Waals surface area contributed by atoms with Gasteiger partial charge < -0.3 is 19.5 Å². The molecule has 2 N–H and O–H groups in total. The summed E-state index contributed by atoms with van der Waals surface area (Å²) in [5.74, 6) is -1.29. The van der Waals surface area contributed by atoms with Crippen LogP contribution in [0, 0.1) is 0 Å². The molecule has 10 nitrogen and oxygen atoms in total. The van der Waals surface area contributed by atoms with Crippen molar-refractivity contribution < 1.29 is 33.4 Å². The quantitative estimate of drug-likeness (QED) is 0.537. The predicted octanol–water partition coefficient (Wildman–Crippen LogP) is 1.15. The SMILES string of the molecule is COc1cc(OC)cc(C(=O)OCC(=O)NN2C(=O)NC3(CCCCC3)C2=O)c1. The van der Waals surface area contributed by atoms with Crippen molar-refractivity contribution in [3.05, 3.63) is 23.8 Å². The van der Waals surface area contributed by atoms with Crippen molar-refractivity contribution in [2.24, 2.45) is 0 Å². The molecule has 2 fully saturated rings. The second-order valence-corrected chi connectivity index (χ2v) is 6.93. The average molecular weight is 405 g/mol. The van der Waals surface area contributed by atoms with Crippen LogP contribution in [-0.2, 0) is 14.3 Å². The fourth-order valence-corrected chi connectivity index (χ4v) is 3.51. The van der Waals surface area contributed by atoms with Gasteiger partial charge in [0, 0.05) is 6.07 Å². The Morgan fingerprint density at radius 2 is 1.69 bits per heavy atom. The maximum Gasteiger partial charge on any atom is 0.344 e. The number of hydrogen-bond acceptors (Lipinski definition) is 7. The second-order valence-electron chi connectivity index (χ2n) is 6.93. The van der Waals surface area contributed by atoms with Gasteiger partial charge in [-0.25, -0.2) is 9.59 Å². The van der Waals surface area contributed by atoms with Gasteiger partial charge in [0.15, 0.2) is 6.61 Å². The van der Waals surface area contributed by atoms with E-state index < -0.39 is 36.0 Å². The minimum atomic E-state index is -0.948. The molecule has 29 heavy (non-hydrogen) atoms. The third-order valence-corrected chi connectivity index (χ3v) is 5.03. The zero-order chi connectivity index (χ0) is 21.0. The van der Waals surface area contributed by atoms with Crippen molar-refractivity contribution in [1.82, 2.24) is 15.8 Å². The van der Waals surface area contributed by atoms with Crippen LogP contribution in [0.25, 0.3) is 0 Å². The molecule has 0 aromatic heterocycles. The van der Waals surface area contributed by atoms with Gasteiger partial charge in [0.2, 0.25) is 0 Å². The number of urea groups is 1. The number of nitrogens with one attached hydrogen (secondary N) is 2. The Balaban J connectivity index is 1.58. The topological polar surface area (TPSA) is 123 Å². The lowest BCUT2D eigenvalue weighted by Crippen LogP contribution is -2.51. The maximum absolute atomic E-state index is 12.6. The summed E-state index contributed by atoms with van der Waals surface area (Å²) in [7, 11) is 2.88. The number of esters is 1. The number of rotatable bonds is 6. The van der Waals surface area contributed by atoms with Gasteiger partial charge in [-0.05, 0) is 25.0 Å². The van der Waals surface area contributed by atoms with E-state index in [4.69, 9.17) is 14.2 Å². The van der Waals surface area contributed by atoms with Crippen molar-refractivity contribution in [2.45, 2.75) is 37.6 Å². The number of carbonyl (C=O) groups is 4. The van der Waals surface area contributed by atoms with Gasteiger partial charge in [0.1, 0.15) is 17.0 Å². The summed E-state index contributed by atoms with van der Waals surface area (Å²) in [5, 5.41) is 3.34. The zero-order valence-corrected chi connectivity index (χ0v) is 16.3. The van der Waals surface area contributed by atoms with E-state index in [0.717, 1.165) is 19.3 Å². The highest BCUT2D eigenvalue weighted by Crippen LogP contribution is 2.33. The van der Waals surface area contributed by atoms with Gasteiger partial charge in [-0.1, -0.05) is 19.3 Å². The smallest absolute Gasteiger partial charge is 0.344 e. The van der Waals surface area contributed by atoms with Crippen LogP contribution >= 0.6 is 0 Å². The molecule has 2 aliphatic rings. The summed E-state index contributed by atoms with van der Waals surface area (Å²) in [6.07, 6.45) is 3.74. The zero-order valence-electron chi connectivity index (χ0n) is 16.3. The third kappa shape index (κ3) is 4.25. The van der Waals surface area contributed by atoms with Crippen LogP contribution in [-0.4, -0.2) is 55.2 Å². The molecule has 1 saturated heterocycles. The number of carbonyl (C=O) groups excluding carboxylic acids is 4. The van der Waals surface area contributed by atoms with Crippen molar-refractivity contribution in [2.75, 3.05) is 20.8 Å². The van der Waals surface area contributed by atoms with E-state index in [2.05, 4.69) is 10.7 Å². The first-order valence-corrected chi connectivity index (χ1v) is 9.25. The standard InChI is InChI=1S/C19H23N3O7/c1-27-13-8-12(9-14(10-13)28-2)16(24)29-11-15(23)21-22-17(25)19(20-18(22)26)6-4-3-5-7-19/h8-10H,3-7,11H2,1-2H3,(H,20,26)(H,21,23). The molecule has 0 bridgehead atoms. The van der Waals surface area contributed by atoms with Gasteiger partial charge >= 0.3 is 12.0 Å². The van der Waals surface area contributed by atoms with E-state index in [1.54, 1.807) is 6.07 Å². The van der Waals surface area contributed by atoms with Gasteiger partial charge in [-0.2, -0.15) is 5.01 Å². The molecular formula is C19H23N3O7. The second kappa shape index (κ2) is 8.38. The summed E-state index contributed by atoms with van der Waals surface area (Å²) in [6.45, 7) is -0.664. The molecule has 1 aromatic carbocycles. The van der Waals surface area contributed by atoms with Crippen LogP contribution in [0.4, 0.5) is 4.79 Å². The molecule has 1 saturated carbocycles. The molecule has 0 atom stereocenters. The lowest BCUT2D eigenvalue weighted by atomic mass is 9.82. The number of methoxy groups -OCH3 is 2. The van der Waals surface area contributed by atoms with E-state index in [1.165, 1.54) is 26.4 Å². The summed E-state index contributed by atoms with van der Waals surface area (Å²) in [5.41, 5.74) is 1.39. The first-order valence-electron chi connectivity index (χ1n) is 9.25. The highest BCUT2D eigenvalue weighted by molar-refractivity contribution is 6.08. The fraction of sp³-hybridized carbons (Fsp3) is 0.474. The lowest BCUT2D eigenvalue weighted by Gasteiger charge is -2.30. The predicted molar refractivity (Wildman–Crippen MR) is 99.2 cm³/mol. The van der Waals surface area contributed by atoms with Crippen LogP contribution in [0.1, 0.15) is 42.5 Å². The molecular weight excluding hydrogens is 382 g/mol. The van der Waals surface area contributed by atoms with Crippen LogP contribution in [0.15, 0.2) is 18.2 Å². The minimum absolute atomic E-state index is 0.130. The number of imide groups is 1. The maximum atomic E-state index is 12.6. The number of hydrazine groups is 1. The Bertz CT molecular complexity index is 811. The molecule has 0 radical (unpaired) electrons. The number of amides is 4. The highest BCUT2D eigenvalue weighted by Gasteiger charge is 2.52. The minimum Gasteiger partial charge on any atom is -0.497 e. The summed E-state index contributed by atoms with van der Waals surface area (Å²) in [6, 6.07) is 3.77. The molecule has 1 spiro atoms. The normalized spacial score (nSPS) is 17.7. The average Bonchev–Trinajstić information content (AvgIpc) is 2.95. The van der Waals surface area contributed by atoms with Crippen LogP contribution in [0.2, 0.25) is 0 Å². The lowest BCUT2D eigenvalue weighted by molar-refractivity contribution is -0.140. The van der Waals surface area contributed by atoms with Crippen LogP contribution < -0.4 is 20.2 Å². The fourth-order valence-electron chi connectivity index (χ4n) is 3.51. The summed E-state index contributed by atoms with van der Waals surface area (Å²) in [4.78, 5) is 49.1. The number of ether oxygens (including phenoxy) is 3. The molecule has 156 valence electrons. The van der Waals surface area contributed by atoms with Crippen molar-refractivity contribution in [3.8, 4) is 11.5 Å². The number of nitrogens with zero attached hydrogens (tertiary/aromatic N) is 1. The Morgan fingerprint density at radius 3 is 2.28 bits per heavy atom. The first kappa shape index (κ1) is 20.4. The van der Waals surface area contributed by atoms with E-state index in [9.17, 15) is 19.2 Å². The van der Waals surface area contributed by atoms with Gasteiger partial charge in [0.25, 0.3) is 11.8 Å². The number of hydrogen-bond donors (Lipinski definition) is 2.